The lowest BCUT2D eigenvalue weighted by Crippen LogP contribution is -2.36. The van der Waals surface area contributed by atoms with E-state index in [1.165, 1.54) is 11.3 Å². The molecule has 3 aromatic rings. The number of carbonyl (C=O) groups excluding carboxylic acids is 2. The third kappa shape index (κ3) is 3.11. The zero-order chi connectivity index (χ0) is 19.9. The van der Waals surface area contributed by atoms with Crippen LogP contribution in [-0.2, 0) is 14.9 Å². The second kappa shape index (κ2) is 6.91. The van der Waals surface area contributed by atoms with Gasteiger partial charge in [0, 0.05) is 28.4 Å². The Labute approximate surface area is 166 Å². The summed E-state index contributed by atoms with van der Waals surface area (Å²) in [6.45, 7) is 6.51. The van der Waals surface area contributed by atoms with Gasteiger partial charge >= 0.3 is 5.97 Å². The first kappa shape index (κ1) is 18.4. The average Bonchev–Trinajstić information content (AvgIpc) is 3.29. The number of aromatic amines is 1. The summed E-state index contributed by atoms with van der Waals surface area (Å²) < 4.78 is 6.28. The van der Waals surface area contributed by atoms with E-state index in [1.807, 2.05) is 44.2 Å². The number of H-pyrrole nitrogens is 1. The first-order valence-corrected chi connectivity index (χ1v) is 9.95. The van der Waals surface area contributed by atoms with Gasteiger partial charge in [-0.05, 0) is 24.4 Å². The lowest BCUT2D eigenvalue weighted by atomic mass is 9.84. The molecule has 0 saturated carbocycles. The van der Waals surface area contributed by atoms with Crippen LogP contribution in [0.5, 0.6) is 0 Å². The second-order valence-electron chi connectivity index (χ2n) is 7.39. The average molecular weight is 395 g/mol. The van der Waals surface area contributed by atoms with Gasteiger partial charge in [0.1, 0.15) is 5.57 Å². The number of aromatic nitrogens is 2. The van der Waals surface area contributed by atoms with Gasteiger partial charge in [-0.1, -0.05) is 32.0 Å². The van der Waals surface area contributed by atoms with Crippen LogP contribution < -0.4 is 0 Å². The van der Waals surface area contributed by atoms with E-state index in [4.69, 9.17) is 4.74 Å². The highest BCUT2D eigenvalue weighted by Crippen LogP contribution is 2.35. The van der Waals surface area contributed by atoms with Gasteiger partial charge in [0.25, 0.3) is 5.91 Å². The number of carbonyl (C=O) groups is 2. The van der Waals surface area contributed by atoms with Crippen molar-refractivity contribution in [1.82, 2.24) is 15.1 Å². The maximum absolute atomic E-state index is 13.3. The van der Waals surface area contributed by atoms with E-state index in [2.05, 4.69) is 10.2 Å². The van der Waals surface area contributed by atoms with Crippen LogP contribution in [0.25, 0.3) is 15.7 Å². The molecular formula is C21H21N3O3S. The Balaban J connectivity index is 1.79. The fourth-order valence-electron chi connectivity index (χ4n) is 3.50. The highest BCUT2D eigenvalue weighted by molar-refractivity contribution is 7.20. The van der Waals surface area contributed by atoms with Gasteiger partial charge in [-0.25, -0.2) is 4.79 Å². The summed E-state index contributed by atoms with van der Waals surface area (Å²) >= 11 is 1.45. The van der Waals surface area contributed by atoms with E-state index in [9.17, 15) is 9.59 Å². The number of rotatable bonds is 3. The van der Waals surface area contributed by atoms with Crippen LogP contribution in [0.2, 0.25) is 0 Å². The van der Waals surface area contributed by atoms with Crippen LogP contribution in [0, 0.1) is 0 Å². The maximum Gasteiger partial charge on any atom is 0.341 e. The van der Waals surface area contributed by atoms with E-state index < -0.39 is 5.97 Å². The van der Waals surface area contributed by atoms with Gasteiger partial charge in [-0.2, -0.15) is 5.10 Å². The van der Waals surface area contributed by atoms with Crippen molar-refractivity contribution in [2.45, 2.75) is 26.2 Å². The van der Waals surface area contributed by atoms with Crippen molar-refractivity contribution in [2.75, 3.05) is 13.2 Å². The molecule has 1 aliphatic rings. The first-order chi connectivity index (χ1) is 13.4. The van der Waals surface area contributed by atoms with Crippen LogP contribution in [-0.4, -0.2) is 40.1 Å². The van der Waals surface area contributed by atoms with E-state index in [1.54, 1.807) is 24.2 Å². The van der Waals surface area contributed by atoms with Crippen molar-refractivity contribution in [3.63, 3.8) is 0 Å². The Hall–Kier alpha value is -2.93. The monoisotopic (exact) mass is 395 g/mol. The quantitative estimate of drug-likeness (QED) is 0.681. The second-order valence-corrected chi connectivity index (χ2v) is 8.47. The number of nitrogens with zero attached hydrogens (tertiary/aromatic N) is 2. The van der Waals surface area contributed by atoms with Gasteiger partial charge < -0.3 is 9.64 Å². The standard InChI is InChI=1S/C21H21N3O3S/c1-4-27-20(26)14-11-24(12-21(2,3)15-10-22-23-18(14)15)19(25)17-9-13-7-5-6-8-16(13)28-17/h5-11H,4,12H2,1-3H3,(H,22,23). The normalized spacial score (nSPS) is 15.7. The Morgan fingerprint density at radius 3 is 2.86 bits per heavy atom. The number of thiophene rings is 1. The van der Waals surface area contributed by atoms with Crippen LogP contribution in [0.4, 0.5) is 0 Å². The molecule has 7 heteroatoms. The predicted molar refractivity (Wildman–Crippen MR) is 109 cm³/mol. The highest BCUT2D eigenvalue weighted by Gasteiger charge is 2.36. The molecule has 0 atom stereocenters. The molecule has 0 spiro atoms. The summed E-state index contributed by atoms with van der Waals surface area (Å²) in [6.07, 6.45) is 3.31. The highest BCUT2D eigenvalue weighted by atomic mass is 32.1. The number of hydrogen-bond donors (Lipinski definition) is 1. The van der Waals surface area contributed by atoms with Crippen molar-refractivity contribution < 1.29 is 14.3 Å². The molecule has 4 rings (SSSR count). The smallest absolute Gasteiger partial charge is 0.341 e. The molecule has 1 amide bonds. The maximum atomic E-state index is 13.3. The summed E-state index contributed by atoms with van der Waals surface area (Å²) in [7, 11) is 0. The number of ether oxygens (including phenoxy) is 1. The Morgan fingerprint density at radius 1 is 1.32 bits per heavy atom. The topological polar surface area (TPSA) is 75.3 Å². The fraction of sp³-hybridized carbons (Fsp3) is 0.286. The third-order valence-electron chi connectivity index (χ3n) is 4.88. The van der Waals surface area contributed by atoms with Crippen molar-refractivity contribution in [2.24, 2.45) is 0 Å². The molecule has 3 heterocycles. The molecule has 0 bridgehead atoms. The van der Waals surface area contributed by atoms with E-state index >= 15 is 0 Å². The predicted octanol–water partition coefficient (Wildman–Crippen LogP) is 3.96. The van der Waals surface area contributed by atoms with Crippen LogP contribution in [0.3, 0.4) is 0 Å². The molecule has 1 N–H and O–H groups in total. The Kier molecular flexibility index (Phi) is 4.55. The van der Waals surface area contributed by atoms with Crippen molar-refractivity contribution >= 4 is 38.9 Å². The third-order valence-corrected chi connectivity index (χ3v) is 5.98. The molecule has 144 valence electrons. The Morgan fingerprint density at radius 2 is 2.11 bits per heavy atom. The minimum atomic E-state index is -0.472. The van der Waals surface area contributed by atoms with Gasteiger partial charge in [0.2, 0.25) is 0 Å². The van der Waals surface area contributed by atoms with E-state index in [-0.39, 0.29) is 17.9 Å². The lowest BCUT2D eigenvalue weighted by Gasteiger charge is -2.28. The summed E-state index contributed by atoms with van der Waals surface area (Å²) in [6, 6.07) is 9.81. The van der Waals surface area contributed by atoms with Gasteiger partial charge in [0.05, 0.1) is 23.4 Å². The molecule has 2 aromatic heterocycles. The minimum Gasteiger partial charge on any atom is -0.462 e. The number of hydrogen-bond acceptors (Lipinski definition) is 5. The molecule has 1 aliphatic heterocycles. The summed E-state index contributed by atoms with van der Waals surface area (Å²) in [4.78, 5) is 28.2. The van der Waals surface area contributed by atoms with Crippen LogP contribution in [0.1, 0.15) is 41.7 Å². The number of fused-ring (bicyclic) bond motifs is 2. The number of esters is 1. The van der Waals surface area contributed by atoms with E-state index in [0.717, 1.165) is 15.6 Å². The molecule has 1 aromatic carbocycles. The lowest BCUT2D eigenvalue weighted by molar-refractivity contribution is -0.136. The molecule has 0 saturated heterocycles. The zero-order valence-corrected chi connectivity index (χ0v) is 16.8. The summed E-state index contributed by atoms with van der Waals surface area (Å²) in [5.74, 6) is -0.603. The molecule has 0 aliphatic carbocycles. The van der Waals surface area contributed by atoms with E-state index in [0.29, 0.717) is 22.7 Å². The van der Waals surface area contributed by atoms with Gasteiger partial charge in [-0.3, -0.25) is 9.89 Å². The van der Waals surface area contributed by atoms with Crippen molar-refractivity contribution in [3.05, 3.63) is 58.9 Å². The molecule has 0 unspecified atom stereocenters. The Bertz CT molecular complexity index is 1060. The first-order valence-electron chi connectivity index (χ1n) is 9.13. The molecule has 0 radical (unpaired) electrons. The van der Waals surface area contributed by atoms with Crippen molar-refractivity contribution in [3.8, 4) is 0 Å². The van der Waals surface area contributed by atoms with Gasteiger partial charge in [0.15, 0.2) is 0 Å². The number of nitrogens with one attached hydrogen (secondary N) is 1. The largest absolute Gasteiger partial charge is 0.462 e. The summed E-state index contributed by atoms with van der Waals surface area (Å²) in [5, 5.41) is 8.06. The number of benzene rings is 1. The molecular weight excluding hydrogens is 374 g/mol. The summed E-state index contributed by atoms with van der Waals surface area (Å²) in [5.41, 5.74) is 1.42. The minimum absolute atomic E-state index is 0.130. The SMILES string of the molecule is CCOC(=O)C1=CN(C(=O)c2cc3ccccc3s2)CC(C)(C)c2cn[nH]c21. The molecule has 0 fully saturated rings. The number of amides is 1. The molecule has 28 heavy (non-hydrogen) atoms. The molecule has 6 nitrogen and oxygen atoms in total. The van der Waals surface area contributed by atoms with Crippen LogP contribution >= 0.6 is 11.3 Å². The van der Waals surface area contributed by atoms with Crippen molar-refractivity contribution in [1.29, 1.82) is 0 Å². The zero-order valence-electron chi connectivity index (χ0n) is 16.0. The van der Waals surface area contributed by atoms with Gasteiger partial charge in [-0.15, -0.1) is 11.3 Å². The fourth-order valence-corrected chi connectivity index (χ4v) is 4.52. The van der Waals surface area contributed by atoms with Crippen LogP contribution in [0.15, 0.2) is 42.7 Å².